The summed E-state index contributed by atoms with van der Waals surface area (Å²) < 4.78 is 0. The average molecular weight is 308 g/mol. The molecule has 4 heteroatoms. The Labute approximate surface area is 138 Å². The van der Waals surface area contributed by atoms with Gasteiger partial charge in [0.2, 0.25) is 0 Å². The molecule has 1 aliphatic carbocycles. The van der Waals surface area contributed by atoms with E-state index in [0.29, 0.717) is 5.92 Å². The van der Waals surface area contributed by atoms with E-state index in [0.717, 1.165) is 31.9 Å². The second kappa shape index (κ2) is 6.75. The van der Waals surface area contributed by atoms with E-state index in [-0.39, 0.29) is 0 Å². The van der Waals surface area contributed by atoms with Crippen LogP contribution in [0.2, 0.25) is 0 Å². The molecule has 0 unspecified atom stereocenters. The number of fused-ring (bicyclic) bond motifs is 1. The molecule has 0 bridgehead atoms. The number of hydrogen-bond acceptors (Lipinski definition) is 4. The van der Waals surface area contributed by atoms with Crippen molar-refractivity contribution in [3.05, 3.63) is 53.4 Å². The van der Waals surface area contributed by atoms with Crippen molar-refractivity contribution in [3.8, 4) is 0 Å². The highest BCUT2D eigenvalue weighted by molar-refractivity contribution is 5.22. The molecule has 1 saturated carbocycles. The Morgan fingerprint density at radius 3 is 2.74 bits per heavy atom. The lowest BCUT2D eigenvalue weighted by molar-refractivity contribution is 0.240. The topological polar surface area (TPSA) is 41.9 Å². The second-order valence-electron chi connectivity index (χ2n) is 6.85. The first-order valence-electron chi connectivity index (χ1n) is 8.84. The molecule has 0 aromatic carbocycles. The fourth-order valence-corrected chi connectivity index (χ4v) is 3.81. The van der Waals surface area contributed by atoms with Crippen LogP contribution in [0, 0.1) is 0 Å². The first-order chi connectivity index (χ1) is 11.4. The minimum Gasteiger partial charge on any atom is -0.293 e. The van der Waals surface area contributed by atoms with Crippen molar-refractivity contribution < 1.29 is 0 Å². The minimum atomic E-state index is 0.588. The lowest BCUT2D eigenvalue weighted by Gasteiger charge is -2.29. The van der Waals surface area contributed by atoms with E-state index in [1.807, 2.05) is 12.4 Å². The molecule has 0 atom stereocenters. The minimum absolute atomic E-state index is 0.588. The molecule has 2 aromatic rings. The predicted molar refractivity (Wildman–Crippen MR) is 89.9 cm³/mol. The molecule has 120 valence electrons. The summed E-state index contributed by atoms with van der Waals surface area (Å²) in [4.78, 5) is 16.2. The molecule has 3 heterocycles. The van der Waals surface area contributed by atoms with Crippen LogP contribution in [0.1, 0.15) is 60.7 Å². The van der Waals surface area contributed by atoms with E-state index in [9.17, 15) is 0 Å². The first-order valence-corrected chi connectivity index (χ1v) is 8.84. The van der Waals surface area contributed by atoms with Gasteiger partial charge in [0.15, 0.2) is 0 Å². The third kappa shape index (κ3) is 3.42. The lowest BCUT2D eigenvalue weighted by atomic mass is 9.88. The summed E-state index contributed by atoms with van der Waals surface area (Å²) in [6, 6.07) is 4.20. The van der Waals surface area contributed by atoms with E-state index in [2.05, 4.69) is 33.2 Å². The normalized spacial score (nSPS) is 19.5. The van der Waals surface area contributed by atoms with E-state index < -0.39 is 0 Å². The van der Waals surface area contributed by atoms with Gasteiger partial charge in [0, 0.05) is 44.1 Å². The van der Waals surface area contributed by atoms with Crippen LogP contribution in [0.15, 0.2) is 30.7 Å². The van der Waals surface area contributed by atoms with Crippen LogP contribution in [0.25, 0.3) is 0 Å². The molecule has 1 aliphatic heterocycles. The maximum atomic E-state index is 4.96. The monoisotopic (exact) mass is 308 g/mol. The summed E-state index contributed by atoms with van der Waals surface area (Å²) in [5, 5.41) is 0. The van der Waals surface area contributed by atoms with Crippen molar-refractivity contribution in [2.75, 3.05) is 6.54 Å². The summed E-state index contributed by atoms with van der Waals surface area (Å²) in [7, 11) is 0. The molecular formula is C19H24N4. The average Bonchev–Trinajstić information content (AvgIpc) is 2.63. The highest BCUT2D eigenvalue weighted by atomic mass is 15.1. The predicted octanol–water partition coefficient (Wildman–Crippen LogP) is 3.48. The van der Waals surface area contributed by atoms with E-state index >= 15 is 0 Å². The Kier molecular flexibility index (Phi) is 4.33. The van der Waals surface area contributed by atoms with Crippen molar-refractivity contribution in [1.29, 1.82) is 0 Å². The van der Waals surface area contributed by atoms with Crippen LogP contribution in [0.3, 0.4) is 0 Å². The van der Waals surface area contributed by atoms with Gasteiger partial charge in [0.25, 0.3) is 0 Å². The Balaban J connectivity index is 1.49. The number of nitrogens with zero attached hydrogens (tertiary/aromatic N) is 4. The van der Waals surface area contributed by atoms with Crippen molar-refractivity contribution in [2.45, 2.75) is 57.5 Å². The zero-order chi connectivity index (χ0) is 15.5. The fourth-order valence-electron chi connectivity index (χ4n) is 3.81. The Morgan fingerprint density at radius 2 is 1.91 bits per heavy atom. The summed E-state index contributed by atoms with van der Waals surface area (Å²) in [5.74, 6) is 1.68. The molecular weight excluding hydrogens is 284 g/mol. The Hall–Kier alpha value is -1.81. The number of hydrogen-bond donors (Lipinski definition) is 0. The van der Waals surface area contributed by atoms with Gasteiger partial charge in [-0.15, -0.1) is 0 Å². The summed E-state index contributed by atoms with van der Waals surface area (Å²) in [6.45, 7) is 3.01. The van der Waals surface area contributed by atoms with Crippen LogP contribution in [-0.2, 0) is 19.5 Å². The Bertz CT molecular complexity index is 650. The smallest absolute Gasteiger partial charge is 0.131 e. The summed E-state index contributed by atoms with van der Waals surface area (Å²) in [6.07, 6.45) is 13.5. The van der Waals surface area contributed by atoms with Gasteiger partial charge < -0.3 is 0 Å². The van der Waals surface area contributed by atoms with Crippen molar-refractivity contribution in [3.63, 3.8) is 0 Å². The van der Waals surface area contributed by atoms with Crippen LogP contribution in [0.5, 0.6) is 0 Å². The molecule has 2 aliphatic rings. The Morgan fingerprint density at radius 1 is 1.09 bits per heavy atom. The maximum Gasteiger partial charge on any atom is 0.131 e. The number of rotatable bonds is 3. The van der Waals surface area contributed by atoms with Gasteiger partial charge in [-0.05, 0) is 42.5 Å². The van der Waals surface area contributed by atoms with Crippen LogP contribution < -0.4 is 0 Å². The maximum absolute atomic E-state index is 4.96. The van der Waals surface area contributed by atoms with E-state index in [1.165, 1.54) is 48.9 Å². The van der Waals surface area contributed by atoms with Gasteiger partial charge >= 0.3 is 0 Å². The SMILES string of the molecule is c1cc(CN2CCc3cnc(C4CCCCC4)nc3C2)ccn1. The second-order valence-corrected chi connectivity index (χ2v) is 6.85. The quantitative estimate of drug-likeness (QED) is 0.870. The van der Waals surface area contributed by atoms with Gasteiger partial charge in [-0.1, -0.05) is 19.3 Å². The van der Waals surface area contributed by atoms with Gasteiger partial charge in [0.05, 0.1) is 5.69 Å². The van der Waals surface area contributed by atoms with E-state index in [4.69, 9.17) is 4.98 Å². The number of pyridine rings is 1. The molecule has 0 spiro atoms. The lowest BCUT2D eigenvalue weighted by Crippen LogP contribution is -2.31. The third-order valence-electron chi connectivity index (χ3n) is 5.17. The molecule has 2 aromatic heterocycles. The van der Waals surface area contributed by atoms with E-state index in [1.54, 1.807) is 0 Å². The molecule has 0 amide bonds. The molecule has 0 N–H and O–H groups in total. The highest BCUT2D eigenvalue weighted by Gasteiger charge is 2.22. The fraction of sp³-hybridized carbons (Fsp3) is 0.526. The summed E-state index contributed by atoms with van der Waals surface area (Å²) >= 11 is 0. The van der Waals surface area contributed by atoms with Crippen LogP contribution >= 0.6 is 0 Å². The largest absolute Gasteiger partial charge is 0.293 e. The molecule has 1 fully saturated rings. The van der Waals surface area contributed by atoms with Crippen molar-refractivity contribution in [2.24, 2.45) is 0 Å². The van der Waals surface area contributed by atoms with Crippen molar-refractivity contribution >= 4 is 0 Å². The first kappa shape index (κ1) is 14.8. The van der Waals surface area contributed by atoms with Crippen molar-refractivity contribution in [1.82, 2.24) is 19.9 Å². The van der Waals surface area contributed by atoms with Crippen LogP contribution in [-0.4, -0.2) is 26.4 Å². The van der Waals surface area contributed by atoms with Crippen LogP contribution in [0.4, 0.5) is 0 Å². The molecule has 4 rings (SSSR count). The number of aromatic nitrogens is 3. The standard InChI is InChI=1S/C19H24N4/c1-2-4-16(5-3-1)19-21-12-17-8-11-23(14-18(17)22-19)13-15-6-9-20-10-7-15/h6-7,9-10,12,16H,1-5,8,11,13-14H2. The molecule has 23 heavy (non-hydrogen) atoms. The molecule has 4 nitrogen and oxygen atoms in total. The summed E-state index contributed by atoms with van der Waals surface area (Å²) in [5.41, 5.74) is 3.92. The van der Waals surface area contributed by atoms with Gasteiger partial charge in [-0.2, -0.15) is 0 Å². The van der Waals surface area contributed by atoms with Gasteiger partial charge in [0.1, 0.15) is 5.82 Å². The highest BCUT2D eigenvalue weighted by Crippen LogP contribution is 2.31. The molecule has 0 radical (unpaired) electrons. The van der Waals surface area contributed by atoms with Gasteiger partial charge in [-0.25, -0.2) is 9.97 Å². The zero-order valence-electron chi connectivity index (χ0n) is 13.6. The zero-order valence-corrected chi connectivity index (χ0v) is 13.6. The third-order valence-corrected chi connectivity index (χ3v) is 5.17. The van der Waals surface area contributed by atoms with Gasteiger partial charge in [-0.3, -0.25) is 9.88 Å². The molecule has 0 saturated heterocycles.